The van der Waals surface area contributed by atoms with Crippen LogP contribution < -0.4 is 20.5 Å². The van der Waals surface area contributed by atoms with E-state index in [0.29, 0.717) is 17.9 Å². The summed E-state index contributed by atoms with van der Waals surface area (Å²) in [6.07, 6.45) is 0.667. The highest BCUT2D eigenvalue weighted by atomic mass is 16.5. The largest absolute Gasteiger partial charge is 0.493 e. The van der Waals surface area contributed by atoms with E-state index in [9.17, 15) is 4.79 Å². The first-order valence-corrected chi connectivity index (χ1v) is 5.83. The molecule has 0 radical (unpaired) electrons. The lowest BCUT2D eigenvalue weighted by molar-refractivity contribution is -0.122. The first-order valence-electron chi connectivity index (χ1n) is 5.83. The van der Waals surface area contributed by atoms with E-state index in [1.807, 2.05) is 19.1 Å². The lowest BCUT2D eigenvalue weighted by Crippen LogP contribution is -2.25. The predicted octanol–water partition coefficient (Wildman–Crippen LogP) is 0.710. The Morgan fingerprint density at radius 1 is 1.50 bits per heavy atom. The average molecular weight is 252 g/mol. The Morgan fingerprint density at radius 3 is 2.78 bits per heavy atom. The number of benzene rings is 1. The van der Waals surface area contributed by atoms with E-state index in [4.69, 9.17) is 15.2 Å². The zero-order valence-electron chi connectivity index (χ0n) is 11.0. The van der Waals surface area contributed by atoms with E-state index >= 15 is 0 Å². The van der Waals surface area contributed by atoms with Crippen molar-refractivity contribution in [1.29, 1.82) is 0 Å². The van der Waals surface area contributed by atoms with Crippen molar-refractivity contribution < 1.29 is 14.3 Å². The molecule has 0 heterocycles. The molecule has 100 valence electrons. The second kappa shape index (κ2) is 6.86. The Kier molecular flexibility index (Phi) is 5.45. The molecule has 0 aromatic heterocycles. The van der Waals surface area contributed by atoms with Gasteiger partial charge < -0.3 is 20.5 Å². The first kappa shape index (κ1) is 14.3. The maximum absolute atomic E-state index is 11.2. The number of para-hydroxylation sites is 1. The summed E-state index contributed by atoms with van der Waals surface area (Å²) >= 11 is 0. The highest BCUT2D eigenvalue weighted by molar-refractivity contribution is 5.77. The van der Waals surface area contributed by atoms with E-state index < -0.39 is 0 Å². The SMILES string of the molecule is CNC(=O)COc1c(CC(C)N)cccc1OC. The maximum atomic E-state index is 11.2. The van der Waals surface area contributed by atoms with Crippen LogP contribution in [-0.2, 0) is 11.2 Å². The molecule has 0 bridgehead atoms. The number of rotatable bonds is 6. The molecule has 5 heteroatoms. The number of likely N-dealkylation sites (N-methyl/N-ethyl adjacent to an activating group) is 1. The number of ether oxygens (including phenoxy) is 2. The van der Waals surface area contributed by atoms with Crippen LogP contribution in [0.1, 0.15) is 12.5 Å². The number of nitrogens with two attached hydrogens (primary N) is 1. The van der Waals surface area contributed by atoms with Gasteiger partial charge in [0.1, 0.15) is 0 Å². The zero-order chi connectivity index (χ0) is 13.5. The Labute approximate surface area is 107 Å². The molecule has 18 heavy (non-hydrogen) atoms. The molecule has 0 saturated heterocycles. The third-order valence-electron chi connectivity index (χ3n) is 2.45. The topological polar surface area (TPSA) is 73.6 Å². The number of carbonyl (C=O) groups is 1. The van der Waals surface area contributed by atoms with Gasteiger partial charge in [0.05, 0.1) is 7.11 Å². The van der Waals surface area contributed by atoms with Crippen LogP contribution in [0.3, 0.4) is 0 Å². The van der Waals surface area contributed by atoms with Gasteiger partial charge in [-0.1, -0.05) is 12.1 Å². The maximum Gasteiger partial charge on any atom is 0.257 e. The Bertz CT molecular complexity index is 405. The van der Waals surface area contributed by atoms with Crippen molar-refractivity contribution in [2.75, 3.05) is 20.8 Å². The second-order valence-electron chi connectivity index (χ2n) is 4.09. The molecular formula is C13H20N2O3. The third kappa shape index (κ3) is 3.92. The molecule has 1 aromatic rings. The minimum absolute atomic E-state index is 0.0134. The molecule has 0 aliphatic heterocycles. The van der Waals surface area contributed by atoms with Gasteiger partial charge in [0.2, 0.25) is 0 Å². The minimum atomic E-state index is -0.187. The second-order valence-corrected chi connectivity index (χ2v) is 4.09. The third-order valence-corrected chi connectivity index (χ3v) is 2.45. The highest BCUT2D eigenvalue weighted by Gasteiger charge is 2.13. The van der Waals surface area contributed by atoms with Gasteiger partial charge in [-0.15, -0.1) is 0 Å². The first-order chi connectivity index (χ1) is 8.58. The fourth-order valence-electron chi connectivity index (χ4n) is 1.60. The number of hydrogen-bond acceptors (Lipinski definition) is 4. The van der Waals surface area contributed by atoms with Gasteiger partial charge in [-0.2, -0.15) is 0 Å². The number of carbonyl (C=O) groups excluding carboxylic acids is 1. The molecule has 1 unspecified atom stereocenters. The van der Waals surface area contributed by atoms with Gasteiger partial charge in [-0.3, -0.25) is 4.79 Å². The van der Waals surface area contributed by atoms with Gasteiger partial charge in [0.25, 0.3) is 5.91 Å². The monoisotopic (exact) mass is 252 g/mol. The van der Waals surface area contributed by atoms with Crippen LogP contribution >= 0.6 is 0 Å². The van der Waals surface area contributed by atoms with Crippen LogP contribution in [0.2, 0.25) is 0 Å². The standard InChI is InChI=1S/C13H20N2O3/c1-9(14)7-10-5-4-6-11(17-3)13(10)18-8-12(16)15-2/h4-6,9H,7-8,14H2,1-3H3,(H,15,16). The Hall–Kier alpha value is -1.75. The van der Waals surface area contributed by atoms with E-state index in [0.717, 1.165) is 5.56 Å². The van der Waals surface area contributed by atoms with Crippen molar-refractivity contribution >= 4 is 5.91 Å². The molecule has 0 saturated carbocycles. The van der Waals surface area contributed by atoms with Crippen LogP contribution in [0, 0.1) is 0 Å². The van der Waals surface area contributed by atoms with Crippen molar-refractivity contribution in [3.8, 4) is 11.5 Å². The summed E-state index contributed by atoms with van der Waals surface area (Å²) in [5.74, 6) is 1.01. The van der Waals surface area contributed by atoms with E-state index in [-0.39, 0.29) is 18.6 Å². The fraction of sp³-hybridized carbons (Fsp3) is 0.462. The fourth-order valence-corrected chi connectivity index (χ4v) is 1.60. The van der Waals surface area contributed by atoms with Crippen LogP contribution in [0.25, 0.3) is 0 Å². The van der Waals surface area contributed by atoms with Crippen LogP contribution in [0.5, 0.6) is 11.5 Å². The van der Waals surface area contributed by atoms with Crippen molar-refractivity contribution in [2.24, 2.45) is 5.73 Å². The summed E-state index contributed by atoms with van der Waals surface area (Å²) in [5, 5.41) is 2.50. The quantitative estimate of drug-likeness (QED) is 0.782. The van der Waals surface area contributed by atoms with Gasteiger partial charge in [0.15, 0.2) is 18.1 Å². The number of methoxy groups -OCH3 is 1. The summed E-state index contributed by atoms with van der Waals surface area (Å²) in [6, 6.07) is 5.61. The van der Waals surface area contributed by atoms with Crippen molar-refractivity contribution in [3.63, 3.8) is 0 Å². The molecule has 1 aromatic carbocycles. The van der Waals surface area contributed by atoms with Crippen LogP contribution in [-0.4, -0.2) is 32.7 Å². The molecule has 0 aliphatic rings. The summed E-state index contributed by atoms with van der Waals surface area (Å²) in [7, 11) is 3.13. The number of hydrogen-bond donors (Lipinski definition) is 2. The van der Waals surface area contributed by atoms with Crippen LogP contribution in [0.15, 0.2) is 18.2 Å². The summed E-state index contributed by atoms with van der Waals surface area (Å²) in [5.41, 5.74) is 6.73. The molecule has 1 amide bonds. The summed E-state index contributed by atoms with van der Waals surface area (Å²) < 4.78 is 10.8. The van der Waals surface area contributed by atoms with Gasteiger partial charge >= 0.3 is 0 Å². The van der Waals surface area contributed by atoms with Crippen molar-refractivity contribution in [2.45, 2.75) is 19.4 Å². The Morgan fingerprint density at radius 2 is 2.22 bits per heavy atom. The lowest BCUT2D eigenvalue weighted by Gasteiger charge is -2.15. The molecule has 0 fully saturated rings. The Balaban J connectivity index is 2.92. The number of nitrogens with one attached hydrogen (secondary N) is 1. The van der Waals surface area contributed by atoms with Gasteiger partial charge in [0, 0.05) is 13.1 Å². The van der Waals surface area contributed by atoms with Crippen molar-refractivity contribution in [3.05, 3.63) is 23.8 Å². The van der Waals surface area contributed by atoms with E-state index in [2.05, 4.69) is 5.32 Å². The van der Waals surface area contributed by atoms with Gasteiger partial charge in [-0.25, -0.2) is 0 Å². The molecule has 3 N–H and O–H groups in total. The normalized spacial score (nSPS) is 11.8. The minimum Gasteiger partial charge on any atom is -0.493 e. The summed E-state index contributed by atoms with van der Waals surface area (Å²) in [6.45, 7) is 1.88. The smallest absolute Gasteiger partial charge is 0.257 e. The molecule has 5 nitrogen and oxygen atoms in total. The lowest BCUT2D eigenvalue weighted by atomic mass is 10.1. The predicted molar refractivity (Wildman–Crippen MR) is 69.9 cm³/mol. The molecule has 1 rings (SSSR count). The highest BCUT2D eigenvalue weighted by Crippen LogP contribution is 2.31. The van der Waals surface area contributed by atoms with Crippen molar-refractivity contribution in [1.82, 2.24) is 5.32 Å². The summed E-state index contributed by atoms with van der Waals surface area (Å²) in [4.78, 5) is 11.2. The average Bonchev–Trinajstić information content (AvgIpc) is 2.35. The van der Waals surface area contributed by atoms with Gasteiger partial charge in [-0.05, 0) is 25.0 Å². The molecular weight excluding hydrogens is 232 g/mol. The molecule has 0 aliphatic carbocycles. The number of amides is 1. The van der Waals surface area contributed by atoms with Crippen LogP contribution in [0.4, 0.5) is 0 Å². The molecule has 1 atom stereocenters. The van der Waals surface area contributed by atoms with E-state index in [1.165, 1.54) is 0 Å². The van der Waals surface area contributed by atoms with E-state index in [1.54, 1.807) is 20.2 Å². The zero-order valence-corrected chi connectivity index (χ0v) is 11.0. The molecule has 0 spiro atoms.